The van der Waals surface area contributed by atoms with Crippen molar-refractivity contribution >= 4 is 28.5 Å². The van der Waals surface area contributed by atoms with Crippen LogP contribution in [-0.2, 0) is 4.74 Å². The molecule has 78 valence electrons. The molecule has 0 bridgehead atoms. The van der Waals surface area contributed by atoms with Crippen LogP contribution in [0.1, 0.15) is 15.9 Å². The second kappa shape index (κ2) is 3.59. The number of methoxy groups -OCH3 is 1. The first-order valence-electron chi connectivity index (χ1n) is 4.49. The van der Waals surface area contributed by atoms with E-state index < -0.39 is 0 Å². The molecule has 0 saturated heterocycles. The van der Waals surface area contributed by atoms with Crippen molar-refractivity contribution in [3.05, 3.63) is 34.5 Å². The topological polar surface area (TPSA) is 42.1 Å². The van der Waals surface area contributed by atoms with E-state index >= 15 is 0 Å². The average Bonchev–Trinajstić information content (AvgIpc) is 2.58. The standard InChI is InChI=1S/C11H10ClNO2/c1-6-5-13-10-8(6)3-7(12)4-9(10)11(14)15-2/h3-5,13H,1-2H3. The maximum atomic E-state index is 11.5. The molecule has 15 heavy (non-hydrogen) atoms. The number of ether oxygens (including phenoxy) is 1. The predicted molar refractivity (Wildman–Crippen MR) is 59.4 cm³/mol. The quantitative estimate of drug-likeness (QED) is 0.756. The van der Waals surface area contributed by atoms with Crippen molar-refractivity contribution in [1.29, 1.82) is 0 Å². The normalized spacial score (nSPS) is 10.6. The highest BCUT2D eigenvalue weighted by molar-refractivity contribution is 6.32. The maximum Gasteiger partial charge on any atom is 0.340 e. The molecular weight excluding hydrogens is 214 g/mol. The number of hydrogen-bond donors (Lipinski definition) is 1. The molecule has 1 heterocycles. The summed E-state index contributed by atoms with van der Waals surface area (Å²) in [6.07, 6.45) is 1.84. The summed E-state index contributed by atoms with van der Waals surface area (Å²) in [5.41, 5.74) is 2.29. The number of H-pyrrole nitrogens is 1. The van der Waals surface area contributed by atoms with Crippen molar-refractivity contribution < 1.29 is 9.53 Å². The van der Waals surface area contributed by atoms with Crippen LogP contribution in [0, 0.1) is 6.92 Å². The number of esters is 1. The lowest BCUT2D eigenvalue weighted by molar-refractivity contribution is 0.0603. The molecule has 0 atom stereocenters. The number of aromatic nitrogens is 1. The van der Waals surface area contributed by atoms with Gasteiger partial charge in [-0.2, -0.15) is 0 Å². The van der Waals surface area contributed by atoms with Crippen molar-refractivity contribution in [1.82, 2.24) is 4.98 Å². The van der Waals surface area contributed by atoms with Gasteiger partial charge in [0.25, 0.3) is 0 Å². The number of aromatic amines is 1. The first kappa shape index (κ1) is 10.1. The minimum atomic E-state index is -0.385. The molecule has 1 aromatic heterocycles. The fourth-order valence-electron chi connectivity index (χ4n) is 1.60. The van der Waals surface area contributed by atoms with Crippen LogP contribution in [0.5, 0.6) is 0 Å². The first-order chi connectivity index (χ1) is 7.13. The highest BCUT2D eigenvalue weighted by Crippen LogP contribution is 2.26. The number of carbonyl (C=O) groups is 1. The largest absolute Gasteiger partial charge is 0.465 e. The molecule has 0 amide bonds. The minimum absolute atomic E-state index is 0.385. The number of benzene rings is 1. The molecule has 0 aliphatic rings. The molecule has 0 spiro atoms. The fourth-order valence-corrected chi connectivity index (χ4v) is 1.82. The van der Waals surface area contributed by atoms with E-state index in [1.165, 1.54) is 7.11 Å². The summed E-state index contributed by atoms with van der Waals surface area (Å²) in [6.45, 7) is 1.95. The molecule has 3 nitrogen and oxygen atoms in total. The summed E-state index contributed by atoms with van der Waals surface area (Å²) in [5, 5.41) is 1.48. The lowest BCUT2D eigenvalue weighted by Gasteiger charge is -2.02. The van der Waals surface area contributed by atoms with E-state index in [-0.39, 0.29) is 5.97 Å². The van der Waals surface area contributed by atoms with E-state index in [9.17, 15) is 4.79 Å². The summed E-state index contributed by atoms with van der Waals surface area (Å²) in [4.78, 5) is 14.5. The van der Waals surface area contributed by atoms with Gasteiger partial charge in [0.15, 0.2) is 0 Å². The van der Waals surface area contributed by atoms with Crippen LogP contribution in [-0.4, -0.2) is 18.1 Å². The van der Waals surface area contributed by atoms with Gasteiger partial charge in [-0.25, -0.2) is 4.79 Å². The molecular formula is C11H10ClNO2. The SMILES string of the molecule is COC(=O)c1cc(Cl)cc2c(C)c[nH]c12. The molecule has 4 heteroatoms. The van der Waals surface area contributed by atoms with Gasteiger partial charge in [0.2, 0.25) is 0 Å². The van der Waals surface area contributed by atoms with Crippen LogP contribution < -0.4 is 0 Å². The molecule has 1 aromatic carbocycles. The van der Waals surface area contributed by atoms with E-state index in [1.807, 2.05) is 19.2 Å². The Bertz CT molecular complexity index is 531. The van der Waals surface area contributed by atoms with Crippen LogP contribution in [0.3, 0.4) is 0 Å². The zero-order chi connectivity index (χ0) is 11.0. The van der Waals surface area contributed by atoms with Gasteiger partial charge in [0.1, 0.15) is 0 Å². The van der Waals surface area contributed by atoms with Crippen molar-refractivity contribution in [3.63, 3.8) is 0 Å². The molecule has 0 unspecified atom stereocenters. The Morgan fingerprint density at radius 3 is 2.87 bits per heavy atom. The van der Waals surface area contributed by atoms with Crippen LogP contribution in [0.15, 0.2) is 18.3 Å². The van der Waals surface area contributed by atoms with Gasteiger partial charge >= 0.3 is 5.97 Å². The van der Waals surface area contributed by atoms with E-state index in [4.69, 9.17) is 16.3 Å². The molecule has 2 rings (SSSR count). The van der Waals surface area contributed by atoms with Gasteiger partial charge < -0.3 is 9.72 Å². The van der Waals surface area contributed by atoms with Gasteiger partial charge in [-0.3, -0.25) is 0 Å². The molecule has 0 fully saturated rings. The third kappa shape index (κ3) is 1.59. The number of nitrogens with one attached hydrogen (secondary N) is 1. The smallest absolute Gasteiger partial charge is 0.340 e. The van der Waals surface area contributed by atoms with Crippen LogP contribution in [0.4, 0.5) is 0 Å². The molecule has 0 saturated carbocycles. The highest BCUT2D eigenvalue weighted by Gasteiger charge is 2.13. The Balaban J connectivity index is 2.78. The summed E-state index contributed by atoms with van der Waals surface area (Å²) >= 11 is 5.93. The molecule has 0 radical (unpaired) electrons. The zero-order valence-corrected chi connectivity index (χ0v) is 9.18. The van der Waals surface area contributed by atoms with Crippen molar-refractivity contribution in [2.45, 2.75) is 6.92 Å². The summed E-state index contributed by atoms with van der Waals surface area (Å²) in [5.74, 6) is -0.385. The third-order valence-corrected chi connectivity index (χ3v) is 2.58. The second-order valence-corrected chi connectivity index (χ2v) is 3.78. The summed E-state index contributed by atoms with van der Waals surface area (Å²) in [6, 6.07) is 3.43. The van der Waals surface area contributed by atoms with Gasteiger partial charge in [-0.15, -0.1) is 0 Å². The van der Waals surface area contributed by atoms with Gasteiger partial charge in [0, 0.05) is 16.6 Å². The minimum Gasteiger partial charge on any atom is -0.465 e. The Morgan fingerprint density at radius 1 is 1.47 bits per heavy atom. The summed E-state index contributed by atoms with van der Waals surface area (Å²) < 4.78 is 4.69. The van der Waals surface area contributed by atoms with E-state index in [2.05, 4.69) is 4.98 Å². The van der Waals surface area contributed by atoms with Crippen molar-refractivity contribution in [3.8, 4) is 0 Å². The number of carbonyl (C=O) groups excluding carboxylic acids is 1. The fraction of sp³-hybridized carbons (Fsp3) is 0.182. The Labute approximate surface area is 92.0 Å². The zero-order valence-electron chi connectivity index (χ0n) is 8.43. The first-order valence-corrected chi connectivity index (χ1v) is 4.87. The van der Waals surface area contributed by atoms with Gasteiger partial charge in [0.05, 0.1) is 18.2 Å². The number of halogens is 1. The monoisotopic (exact) mass is 223 g/mol. The third-order valence-electron chi connectivity index (χ3n) is 2.37. The number of hydrogen-bond acceptors (Lipinski definition) is 2. The number of aryl methyl sites for hydroxylation is 1. The molecule has 1 N–H and O–H groups in total. The van der Waals surface area contributed by atoms with Crippen LogP contribution in [0.2, 0.25) is 5.02 Å². The number of rotatable bonds is 1. The van der Waals surface area contributed by atoms with E-state index in [0.29, 0.717) is 10.6 Å². The van der Waals surface area contributed by atoms with E-state index in [0.717, 1.165) is 16.5 Å². The molecule has 0 aliphatic heterocycles. The van der Waals surface area contributed by atoms with Crippen molar-refractivity contribution in [2.24, 2.45) is 0 Å². The highest BCUT2D eigenvalue weighted by atomic mass is 35.5. The molecule has 0 aliphatic carbocycles. The Kier molecular flexibility index (Phi) is 2.40. The van der Waals surface area contributed by atoms with Crippen molar-refractivity contribution in [2.75, 3.05) is 7.11 Å². The second-order valence-electron chi connectivity index (χ2n) is 3.34. The van der Waals surface area contributed by atoms with Gasteiger partial charge in [-0.1, -0.05) is 11.6 Å². The maximum absolute atomic E-state index is 11.5. The molecule has 2 aromatic rings. The van der Waals surface area contributed by atoms with E-state index in [1.54, 1.807) is 6.07 Å². The predicted octanol–water partition coefficient (Wildman–Crippen LogP) is 2.92. The van der Waals surface area contributed by atoms with Crippen LogP contribution >= 0.6 is 11.6 Å². The average molecular weight is 224 g/mol. The Hall–Kier alpha value is -1.48. The Morgan fingerprint density at radius 2 is 2.20 bits per heavy atom. The lowest BCUT2D eigenvalue weighted by atomic mass is 10.1. The lowest BCUT2D eigenvalue weighted by Crippen LogP contribution is -2.02. The van der Waals surface area contributed by atoms with Gasteiger partial charge in [-0.05, 0) is 24.6 Å². The summed E-state index contributed by atoms with van der Waals surface area (Å²) in [7, 11) is 1.35. The number of fused-ring (bicyclic) bond motifs is 1. The van der Waals surface area contributed by atoms with Crippen LogP contribution in [0.25, 0.3) is 10.9 Å².